The average molecular weight is 404 g/mol. The summed E-state index contributed by atoms with van der Waals surface area (Å²) in [5, 5.41) is 3.71. The van der Waals surface area contributed by atoms with Crippen molar-refractivity contribution in [2.75, 3.05) is 5.32 Å². The fourth-order valence-electron chi connectivity index (χ4n) is 3.11. The van der Waals surface area contributed by atoms with Crippen LogP contribution in [0.2, 0.25) is 5.02 Å². The summed E-state index contributed by atoms with van der Waals surface area (Å²) in [6.45, 7) is 0.759. The highest BCUT2D eigenvalue weighted by molar-refractivity contribution is 9.10. The lowest BCUT2D eigenvalue weighted by atomic mass is 10.1. The third-order valence-corrected chi connectivity index (χ3v) is 4.99. The van der Waals surface area contributed by atoms with Crippen molar-refractivity contribution in [3.63, 3.8) is 0 Å². The van der Waals surface area contributed by atoms with E-state index in [2.05, 4.69) is 21.2 Å². The van der Waals surface area contributed by atoms with E-state index < -0.39 is 5.91 Å². The van der Waals surface area contributed by atoms with Crippen molar-refractivity contribution in [2.24, 2.45) is 0 Å². The quantitative estimate of drug-likeness (QED) is 0.696. The van der Waals surface area contributed by atoms with Gasteiger partial charge in [0.15, 0.2) is 0 Å². The third kappa shape index (κ3) is 2.44. The molecule has 1 aromatic heterocycles. The lowest BCUT2D eigenvalue weighted by Crippen LogP contribution is -2.23. The van der Waals surface area contributed by atoms with Crippen molar-refractivity contribution in [2.45, 2.75) is 13.0 Å². The van der Waals surface area contributed by atoms with Gasteiger partial charge in [-0.15, -0.1) is 0 Å². The summed E-state index contributed by atoms with van der Waals surface area (Å²) in [6, 6.07) is 10.7. The molecule has 0 saturated carbocycles. The fraction of sp³-hybridized carbons (Fsp3) is 0.111. The molecule has 0 bridgehead atoms. The van der Waals surface area contributed by atoms with Crippen LogP contribution in [-0.4, -0.2) is 10.5 Å². The molecule has 6 heteroatoms. The maximum absolute atomic E-state index is 12.8. The number of anilines is 1. The van der Waals surface area contributed by atoms with Gasteiger partial charge in [0.2, 0.25) is 5.43 Å². The first-order chi connectivity index (χ1) is 11.5. The summed E-state index contributed by atoms with van der Waals surface area (Å²) in [5.41, 5.74) is 2.37. The molecule has 3 aromatic rings. The zero-order valence-corrected chi connectivity index (χ0v) is 14.8. The predicted octanol–water partition coefficient (Wildman–Crippen LogP) is 4.23. The SMILES string of the molecule is O=C(Nc1ccccc1Cl)c1cn2c3c(cc(Br)cc3c1=O)CC2. The normalized spacial score (nSPS) is 12.6. The summed E-state index contributed by atoms with van der Waals surface area (Å²) in [4.78, 5) is 25.4. The molecule has 4 nitrogen and oxygen atoms in total. The molecule has 0 radical (unpaired) electrons. The number of hydrogen-bond donors (Lipinski definition) is 1. The number of carbonyl (C=O) groups excluding carboxylic acids is 1. The molecule has 1 amide bonds. The lowest BCUT2D eigenvalue weighted by Gasteiger charge is -2.10. The Morgan fingerprint density at radius 2 is 2.04 bits per heavy atom. The second-order valence-corrected chi connectivity index (χ2v) is 7.03. The van der Waals surface area contributed by atoms with Crippen LogP contribution in [-0.2, 0) is 13.0 Å². The Balaban J connectivity index is 1.84. The smallest absolute Gasteiger partial charge is 0.261 e. The van der Waals surface area contributed by atoms with E-state index in [-0.39, 0.29) is 11.0 Å². The predicted molar refractivity (Wildman–Crippen MR) is 99.0 cm³/mol. The van der Waals surface area contributed by atoms with Crippen molar-refractivity contribution < 1.29 is 4.79 Å². The molecule has 120 valence electrons. The molecule has 24 heavy (non-hydrogen) atoms. The number of rotatable bonds is 2. The van der Waals surface area contributed by atoms with E-state index in [4.69, 9.17) is 11.6 Å². The molecule has 0 saturated heterocycles. The molecule has 1 aliphatic rings. The fourth-order valence-corrected chi connectivity index (χ4v) is 3.80. The number of halogens is 2. The van der Waals surface area contributed by atoms with Crippen molar-refractivity contribution in [1.29, 1.82) is 0 Å². The van der Waals surface area contributed by atoms with Crippen molar-refractivity contribution in [3.05, 3.63) is 73.4 Å². The second kappa shape index (κ2) is 5.76. The molecule has 2 heterocycles. The zero-order chi connectivity index (χ0) is 16.8. The van der Waals surface area contributed by atoms with Crippen LogP contribution in [0.4, 0.5) is 5.69 Å². The van der Waals surface area contributed by atoms with Gasteiger partial charge in [-0.3, -0.25) is 9.59 Å². The van der Waals surface area contributed by atoms with Crippen LogP contribution in [0.25, 0.3) is 10.9 Å². The van der Waals surface area contributed by atoms with E-state index in [0.717, 1.165) is 28.5 Å². The number of hydrogen-bond acceptors (Lipinski definition) is 2. The van der Waals surface area contributed by atoms with Gasteiger partial charge in [0.1, 0.15) is 5.56 Å². The number of nitrogens with zero attached hydrogens (tertiary/aromatic N) is 1. The van der Waals surface area contributed by atoms with Crippen LogP contribution < -0.4 is 10.7 Å². The van der Waals surface area contributed by atoms with Crippen LogP contribution in [0, 0.1) is 0 Å². The first kappa shape index (κ1) is 15.4. The molecule has 1 N–H and O–H groups in total. The number of carbonyl (C=O) groups is 1. The van der Waals surface area contributed by atoms with E-state index in [1.807, 2.05) is 10.6 Å². The average Bonchev–Trinajstić information content (AvgIpc) is 2.96. The van der Waals surface area contributed by atoms with Gasteiger partial charge in [0.05, 0.1) is 16.2 Å². The van der Waals surface area contributed by atoms with Gasteiger partial charge < -0.3 is 9.88 Å². The van der Waals surface area contributed by atoms with Crippen molar-refractivity contribution in [1.82, 2.24) is 4.57 Å². The van der Waals surface area contributed by atoms with Gasteiger partial charge in [0, 0.05) is 22.6 Å². The monoisotopic (exact) mass is 402 g/mol. The molecule has 0 spiro atoms. The maximum Gasteiger partial charge on any atom is 0.261 e. The Labute approximate surface area is 151 Å². The highest BCUT2D eigenvalue weighted by Gasteiger charge is 2.21. The van der Waals surface area contributed by atoms with Gasteiger partial charge in [-0.2, -0.15) is 0 Å². The van der Waals surface area contributed by atoms with Crippen molar-refractivity contribution >= 4 is 50.0 Å². The number of amides is 1. The number of pyridine rings is 1. The summed E-state index contributed by atoms with van der Waals surface area (Å²) in [7, 11) is 0. The molecule has 0 unspecified atom stereocenters. The van der Waals surface area contributed by atoms with Gasteiger partial charge in [0.25, 0.3) is 5.91 Å². The van der Waals surface area contributed by atoms with E-state index in [1.165, 1.54) is 0 Å². The molecular formula is C18H12BrClN2O2. The first-order valence-electron chi connectivity index (χ1n) is 7.46. The molecule has 1 aliphatic heterocycles. The Kier molecular flexibility index (Phi) is 3.70. The maximum atomic E-state index is 12.8. The largest absolute Gasteiger partial charge is 0.346 e. The molecule has 2 aromatic carbocycles. The number of nitrogens with one attached hydrogen (secondary N) is 1. The van der Waals surface area contributed by atoms with E-state index in [1.54, 1.807) is 36.5 Å². The summed E-state index contributed by atoms with van der Waals surface area (Å²) >= 11 is 9.51. The minimum atomic E-state index is -0.452. The Morgan fingerprint density at radius 3 is 2.83 bits per heavy atom. The van der Waals surface area contributed by atoms with Crippen LogP contribution in [0.15, 0.2) is 51.9 Å². The molecule has 0 atom stereocenters. The number of aromatic nitrogens is 1. The summed E-state index contributed by atoms with van der Waals surface area (Å²) in [6.07, 6.45) is 2.49. The molecule has 0 aliphatic carbocycles. The molecule has 0 fully saturated rings. The standard InChI is InChI=1S/C18H12BrClN2O2/c19-11-7-10-5-6-22-9-13(17(23)12(8-11)16(10)22)18(24)21-15-4-2-1-3-14(15)20/h1-4,7-9H,5-6H2,(H,21,24). The van der Waals surface area contributed by atoms with E-state index >= 15 is 0 Å². The van der Waals surface area contributed by atoms with Crippen LogP contribution in [0.1, 0.15) is 15.9 Å². The van der Waals surface area contributed by atoms with Crippen LogP contribution in [0.3, 0.4) is 0 Å². The van der Waals surface area contributed by atoms with E-state index in [0.29, 0.717) is 16.1 Å². The topological polar surface area (TPSA) is 51.1 Å². The van der Waals surface area contributed by atoms with Crippen LogP contribution >= 0.6 is 27.5 Å². The third-order valence-electron chi connectivity index (χ3n) is 4.20. The minimum absolute atomic E-state index is 0.119. The van der Waals surface area contributed by atoms with Crippen molar-refractivity contribution in [3.8, 4) is 0 Å². The Morgan fingerprint density at radius 1 is 1.25 bits per heavy atom. The van der Waals surface area contributed by atoms with Crippen LogP contribution in [0.5, 0.6) is 0 Å². The Hall–Kier alpha value is -2.11. The summed E-state index contributed by atoms with van der Waals surface area (Å²) < 4.78 is 2.82. The zero-order valence-electron chi connectivity index (χ0n) is 12.5. The number of aryl methyl sites for hydroxylation is 2. The van der Waals surface area contributed by atoms with Gasteiger partial charge in [-0.25, -0.2) is 0 Å². The summed E-state index contributed by atoms with van der Waals surface area (Å²) in [5.74, 6) is -0.452. The van der Waals surface area contributed by atoms with Gasteiger partial charge in [-0.05, 0) is 36.2 Å². The van der Waals surface area contributed by atoms with Gasteiger partial charge in [-0.1, -0.05) is 39.7 Å². The number of benzene rings is 2. The van der Waals surface area contributed by atoms with Gasteiger partial charge >= 0.3 is 0 Å². The lowest BCUT2D eigenvalue weighted by molar-refractivity contribution is 0.102. The highest BCUT2D eigenvalue weighted by atomic mass is 79.9. The molecule has 4 rings (SSSR count). The number of para-hydroxylation sites is 1. The Bertz CT molecular complexity index is 1060. The minimum Gasteiger partial charge on any atom is -0.346 e. The second-order valence-electron chi connectivity index (χ2n) is 5.71. The highest BCUT2D eigenvalue weighted by Crippen LogP contribution is 2.28. The van der Waals surface area contributed by atoms with E-state index in [9.17, 15) is 9.59 Å². The first-order valence-corrected chi connectivity index (χ1v) is 8.63. The molecular weight excluding hydrogens is 392 g/mol.